The van der Waals surface area contributed by atoms with Crippen molar-refractivity contribution in [2.75, 3.05) is 13.2 Å². The van der Waals surface area contributed by atoms with Crippen molar-refractivity contribution >= 4 is 7.60 Å². The van der Waals surface area contributed by atoms with E-state index in [4.69, 9.17) is 14.8 Å². The van der Waals surface area contributed by atoms with Gasteiger partial charge in [0, 0.05) is 0 Å². The molecule has 3 N–H and O–H groups in total. The predicted octanol–water partition coefficient (Wildman–Crippen LogP) is 2.27. The lowest BCUT2D eigenvalue weighted by atomic mass is 10.1. The minimum Gasteiger partial charge on any atom is -0.379 e. The summed E-state index contributed by atoms with van der Waals surface area (Å²) >= 11 is 0. The summed E-state index contributed by atoms with van der Waals surface area (Å²) in [5.74, 6) is -1.38. The van der Waals surface area contributed by atoms with Gasteiger partial charge in [-0.1, -0.05) is 30.3 Å². The SMILES string of the molecule is CCOP(=O)(OCC)C(O)C(N)c1ccccc1. The van der Waals surface area contributed by atoms with Crippen LogP contribution in [0, 0.1) is 0 Å². The molecule has 0 aromatic heterocycles. The van der Waals surface area contributed by atoms with Gasteiger partial charge in [0.15, 0.2) is 5.85 Å². The lowest BCUT2D eigenvalue weighted by Gasteiger charge is -2.26. The number of aliphatic hydroxyl groups is 1. The lowest BCUT2D eigenvalue weighted by molar-refractivity contribution is 0.134. The molecule has 0 saturated carbocycles. The minimum atomic E-state index is -3.60. The van der Waals surface area contributed by atoms with Crippen LogP contribution >= 0.6 is 7.60 Å². The Morgan fingerprint density at radius 3 is 2.17 bits per heavy atom. The molecular formula is C12H20NO4P. The topological polar surface area (TPSA) is 81.8 Å². The summed E-state index contributed by atoms with van der Waals surface area (Å²) in [6.45, 7) is 3.75. The molecule has 0 aliphatic carbocycles. The number of aliphatic hydroxyl groups excluding tert-OH is 1. The number of nitrogens with two attached hydrogens (primary N) is 1. The molecule has 1 rings (SSSR count). The molecule has 0 bridgehead atoms. The van der Waals surface area contributed by atoms with Gasteiger partial charge < -0.3 is 19.9 Å². The molecule has 18 heavy (non-hydrogen) atoms. The van der Waals surface area contributed by atoms with Gasteiger partial charge in [0.05, 0.1) is 19.3 Å². The fraction of sp³-hybridized carbons (Fsp3) is 0.500. The zero-order valence-electron chi connectivity index (χ0n) is 10.7. The van der Waals surface area contributed by atoms with Gasteiger partial charge in [-0.25, -0.2) is 0 Å². The molecular weight excluding hydrogens is 253 g/mol. The van der Waals surface area contributed by atoms with E-state index < -0.39 is 19.5 Å². The fourth-order valence-electron chi connectivity index (χ4n) is 1.59. The molecule has 102 valence electrons. The second-order valence-electron chi connectivity index (χ2n) is 3.73. The molecule has 0 spiro atoms. The third-order valence-electron chi connectivity index (χ3n) is 2.45. The van der Waals surface area contributed by atoms with Gasteiger partial charge in [-0.15, -0.1) is 0 Å². The zero-order valence-corrected chi connectivity index (χ0v) is 11.5. The van der Waals surface area contributed by atoms with E-state index in [-0.39, 0.29) is 13.2 Å². The highest BCUT2D eigenvalue weighted by molar-refractivity contribution is 7.54. The fourth-order valence-corrected chi connectivity index (χ4v) is 3.26. The summed E-state index contributed by atoms with van der Waals surface area (Å²) in [5, 5.41) is 10.1. The van der Waals surface area contributed by atoms with Crippen LogP contribution in [0.4, 0.5) is 0 Å². The number of hydrogen-bond acceptors (Lipinski definition) is 5. The van der Waals surface area contributed by atoms with Crippen LogP contribution in [0.5, 0.6) is 0 Å². The zero-order chi connectivity index (χ0) is 13.6. The standard InChI is InChI=1S/C12H20NO4P/c1-3-16-18(15,17-4-2)12(14)11(13)10-8-6-5-7-9-10/h5-9,11-12,14H,3-4,13H2,1-2H3. The molecule has 2 atom stereocenters. The van der Waals surface area contributed by atoms with Gasteiger partial charge in [-0.3, -0.25) is 4.57 Å². The molecule has 0 fully saturated rings. The van der Waals surface area contributed by atoms with Crippen molar-refractivity contribution in [1.29, 1.82) is 0 Å². The van der Waals surface area contributed by atoms with E-state index in [9.17, 15) is 9.67 Å². The Hall–Kier alpha value is -0.710. The Morgan fingerprint density at radius 2 is 1.72 bits per heavy atom. The van der Waals surface area contributed by atoms with Crippen molar-refractivity contribution in [3.63, 3.8) is 0 Å². The van der Waals surface area contributed by atoms with Crippen molar-refractivity contribution < 1.29 is 18.7 Å². The Labute approximate surface area is 107 Å². The molecule has 5 nitrogen and oxygen atoms in total. The van der Waals surface area contributed by atoms with Crippen LogP contribution in [0.3, 0.4) is 0 Å². The molecule has 0 heterocycles. The summed E-state index contributed by atoms with van der Waals surface area (Å²) in [7, 11) is -3.60. The van der Waals surface area contributed by atoms with E-state index in [0.717, 1.165) is 0 Å². The van der Waals surface area contributed by atoms with Gasteiger partial charge in [0.1, 0.15) is 0 Å². The molecule has 0 aliphatic heterocycles. The lowest BCUT2D eigenvalue weighted by Crippen LogP contribution is -2.27. The largest absolute Gasteiger partial charge is 0.379 e. The highest BCUT2D eigenvalue weighted by atomic mass is 31.2. The quantitative estimate of drug-likeness (QED) is 0.745. The first-order valence-corrected chi connectivity index (χ1v) is 7.53. The van der Waals surface area contributed by atoms with Crippen LogP contribution in [0.15, 0.2) is 30.3 Å². The predicted molar refractivity (Wildman–Crippen MR) is 70.2 cm³/mol. The minimum absolute atomic E-state index is 0.190. The van der Waals surface area contributed by atoms with Gasteiger partial charge >= 0.3 is 7.60 Å². The molecule has 2 unspecified atom stereocenters. The summed E-state index contributed by atoms with van der Waals surface area (Å²) in [5.41, 5.74) is 6.59. The average molecular weight is 273 g/mol. The summed E-state index contributed by atoms with van der Waals surface area (Å²) in [6, 6.07) is 8.15. The summed E-state index contributed by atoms with van der Waals surface area (Å²) < 4.78 is 22.5. The van der Waals surface area contributed by atoms with Crippen LogP contribution in [0.1, 0.15) is 25.5 Å². The normalized spacial score (nSPS) is 15.3. The van der Waals surface area contributed by atoms with Crippen molar-refractivity contribution in [2.24, 2.45) is 5.73 Å². The van der Waals surface area contributed by atoms with Gasteiger partial charge in [-0.2, -0.15) is 0 Å². The van der Waals surface area contributed by atoms with Crippen molar-refractivity contribution in [1.82, 2.24) is 0 Å². The van der Waals surface area contributed by atoms with E-state index in [0.29, 0.717) is 5.56 Å². The van der Waals surface area contributed by atoms with Crippen LogP contribution in [-0.2, 0) is 13.6 Å². The van der Waals surface area contributed by atoms with Gasteiger partial charge in [0.2, 0.25) is 0 Å². The van der Waals surface area contributed by atoms with Crippen molar-refractivity contribution in [2.45, 2.75) is 25.7 Å². The highest BCUT2D eigenvalue weighted by Gasteiger charge is 2.38. The van der Waals surface area contributed by atoms with E-state index in [1.165, 1.54) is 0 Å². The van der Waals surface area contributed by atoms with Gasteiger partial charge in [-0.05, 0) is 19.4 Å². The second kappa shape index (κ2) is 7.02. The number of rotatable bonds is 7. The Bertz CT molecular complexity index is 388. The van der Waals surface area contributed by atoms with Gasteiger partial charge in [0.25, 0.3) is 0 Å². The maximum atomic E-state index is 12.4. The monoisotopic (exact) mass is 273 g/mol. The molecule has 0 amide bonds. The molecule has 6 heteroatoms. The summed E-state index contributed by atoms with van der Waals surface area (Å²) in [4.78, 5) is 0. The molecule has 1 aromatic carbocycles. The first-order valence-electron chi connectivity index (χ1n) is 5.92. The van der Waals surface area contributed by atoms with Crippen molar-refractivity contribution in [3.05, 3.63) is 35.9 Å². The van der Waals surface area contributed by atoms with Crippen LogP contribution in [0.25, 0.3) is 0 Å². The Morgan fingerprint density at radius 1 is 1.22 bits per heavy atom. The Balaban J connectivity index is 2.89. The first kappa shape index (κ1) is 15.3. The molecule has 0 saturated heterocycles. The molecule has 0 radical (unpaired) electrons. The molecule has 1 aromatic rings. The van der Waals surface area contributed by atoms with E-state index in [2.05, 4.69) is 0 Å². The van der Waals surface area contributed by atoms with E-state index >= 15 is 0 Å². The third kappa shape index (κ3) is 3.64. The third-order valence-corrected chi connectivity index (χ3v) is 4.65. The molecule has 0 aliphatic rings. The second-order valence-corrected chi connectivity index (χ2v) is 5.85. The van der Waals surface area contributed by atoms with Crippen LogP contribution in [0.2, 0.25) is 0 Å². The van der Waals surface area contributed by atoms with Crippen molar-refractivity contribution in [3.8, 4) is 0 Å². The van der Waals surface area contributed by atoms with Crippen LogP contribution in [-0.4, -0.2) is 24.2 Å². The summed E-state index contributed by atoms with van der Waals surface area (Å²) in [6.07, 6.45) is 0. The maximum Gasteiger partial charge on any atom is 0.360 e. The van der Waals surface area contributed by atoms with Crippen LogP contribution < -0.4 is 5.73 Å². The number of hydrogen-bond donors (Lipinski definition) is 2. The maximum absolute atomic E-state index is 12.4. The van der Waals surface area contributed by atoms with E-state index in [1.54, 1.807) is 38.1 Å². The smallest absolute Gasteiger partial charge is 0.360 e. The average Bonchev–Trinajstić information content (AvgIpc) is 2.38. The highest BCUT2D eigenvalue weighted by Crippen LogP contribution is 2.55. The number of benzene rings is 1. The first-order chi connectivity index (χ1) is 8.55. The van der Waals surface area contributed by atoms with E-state index in [1.807, 2.05) is 6.07 Å². The Kier molecular flexibility index (Phi) is 5.99.